The summed E-state index contributed by atoms with van der Waals surface area (Å²) in [5.41, 5.74) is 5.63. The summed E-state index contributed by atoms with van der Waals surface area (Å²) in [5, 5.41) is 7.28. The lowest BCUT2D eigenvalue weighted by Gasteiger charge is -2.10. The summed E-state index contributed by atoms with van der Waals surface area (Å²) in [5.74, 6) is 0. The molecule has 0 saturated carbocycles. The molecule has 0 aliphatic carbocycles. The third-order valence-corrected chi connectivity index (χ3v) is 3.18. The fraction of sp³-hybridized carbons (Fsp3) is 0.333. The van der Waals surface area contributed by atoms with Gasteiger partial charge in [-0.3, -0.25) is 0 Å². The molecule has 4 nitrogen and oxygen atoms in total. The molecule has 0 amide bonds. The molecule has 108 valence electrons. The van der Waals surface area contributed by atoms with Crippen LogP contribution in [0.1, 0.15) is 30.6 Å². The zero-order valence-corrected chi connectivity index (χ0v) is 11.3. The number of rotatable bonds is 3. The van der Waals surface area contributed by atoms with E-state index in [9.17, 15) is 13.2 Å². The van der Waals surface area contributed by atoms with Crippen molar-refractivity contribution in [2.75, 3.05) is 0 Å². The number of hydrogen-bond acceptors (Lipinski definition) is 3. The molecule has 0 aliphatic rings. The van der Waals surface area contributed by atoms with E-state index in [1.807, 2.05) is 6.92 Å². The van der Waals surface area contributed by atoms with Gasteiger partial charge in [-0.2, -0.15) is 13.2 Å². The Morgan fingerprint density at radius 1 is 1.40 bits per heavy atom. The van der Waals surface area contributed by atoms with Crippen LogP contribution in [0.5, 0.6) is 0 Å². The molecule has 1 heterocycles. The Kier molecular flexibility index (Phi) is 4.01. The molecule has 20 heavy (non-hydrogen) atoms. The lowest BCUT2D eigenvalue weighted by molar-refractivity contribution is -0.137. The van der Waals surface area contributed by atoms with Gasteiger partial charge in [0.2, 0.25) is 0 Å². The standard InChI is InChI=1S/C12H12ClF3N4/c1-2-10(17)11-6-20(19-18-11)7-3-4-9(13)8(5-7)12(14,15)16/h3-6,10H,2,17H2,1H3. The molecule has 0 bridgehead atoms. The van der Waals surface area contributed by atoms with Gasteiger partial charge in [0.25, 0.3) is 0 Å². The Balaban J connectivity index is 2.41. The highest BCUT2D eigenvalue weighted by Gasteiger charge is 2.33. The van der Waals surface area contributed by atoms with E-state index in [4.69, 9.17) is 17.3 Å². The lowest BCUT2D eigenvalue weighted by atomic mass is 10.2. The average Bonchev–Trinajstić information content (AvgIpc) is 2.86. The fourth-order valence-corrected chi connectivity index (χ4v) is 1.88. The van der Waals surface area contributed by atoms with E-state index < -0.39 is 11.7 Å². The maximum Gasteiger partial charge on any atom is 0.417 e. The minimum Gasteiger partial charge on any atom is -0.323 e. The molecule has 0 radical (unpaired) electrons. The van der Waals surface area contributed by atoms with E-state index in [1.165, 1.54) is 23.0 Å². The molecule has 0 saturated heterocycles. The van der Waals surface area contributed by atoms with Crippen LogP contribution in [0, 0.1) is 0 Å². The zero-order chi connectivity index (χ0) is 14.9. The van der Waals surface area contributed by atoms with Crippen molar-refractivity contribution < 1.29 is 13.2 Å². The Hall–Kier alpha value is -1.60. The van der Waals surface area contributed by atoms with Crippen molar-refractivity contribution >= 4 is 11.6 Å². The highest BCUT2D eigenvalue weighted by atomic mass is 35.5. The Morgan fingerprint density at radius 2 is 2.10 bits per heavy atom. The molecule has 0 fully saturated rings. The van der Waals surface area contributed by atoms with E-state index in [0.29, 0.717) is 12.1 Å². The molecule has 2 N–H and O–H groups in total. The number of alkyl halides is 3. The lowest BCUT2D eigenvalue weighted by Crippen LogP contribution is -2.09. The van der Waals surface area contributed by atoms with Crippen LogP contribution in [0.25, 0.3) is 5.69 Å². The van der Waals surface area contributed by atoms with Gasteiger partial charge in [-0.15, -0.1) is 5.10 Å². The molecule has 0 spiro atoms. The summed E-state index contributed by atoms with van der Waals surface area (Å²) in [4.78, 5) is 0. The van der Waals surface area contributed by atoms with Crippen molar-refractivity contribution in [3.05, 3.63) is 40.7 Å². The Labute approximate surface area is 118 Å². The third kappa shape index (κ3) is 2.94. The first-order valence-corrected chi connectivity index (χ1v) is 6.25. The first kappa shape index (κ1) is 14.8. The topological polar surface area (TPSA) is 56.7 Å². The monoisotopic (exact) mass is 304 g/mol. The average molecular weight is 305 g/mol. The molecular weight excluding hydrogens is 293 g/mol. The maximum absolute atomic E-state index is 12.8. The van der Waals surface area contributed by atoms with E-state index in [-0.39, 0.29) is 16.8 Å². The summed E-state index contributed by atoms with van der Waals surface area (Å²) < 4.78 is 39.6. The fourth-order valence-electron chi connectivity index (χ4n) is 1.65. The molecule has 1 atom stereocenters. The van der Waals surface area contributed by atoms with Crippen molar-refractivity contribution in [1.29, 1.82) is 0 Å². The SMILES string of the molecule is CCC(N)c1cn(-c2ccc(Cl)c(C(F)(F)F)c2)nn1. The third-order valence-electron chi connectivity index (χ3n) is 2.85. The summed E-state index contributed by atoms with van der Waals surface area (Å²) in [6.07, 6.45) is -2.35. The Bertz CT molecular complexity index is 609. The van der Waals surface area contributed by atoms with Gasteiger partial charge >= 0.3 is 6.18 Å². The van der Waals surface area contributed by atoms with E-state index in [0.717, 1.165) is 6.07 Å². The molecule has 1 unspecified atom stereocenters. The minimum absolute atomic E-state index is 0.226. The van der Waals surface area contributed by atoms with Gasteiger partial charge in [-0.05, 0) is 24.6 Å². The van der Waals surface area contributed by atoms with Gasteiger partial charge in [0.05, 0.1) is 34.2 Å². The van der Waals surface area contributed by atoms with Crippen LogP contribution in [0.15, 0.2) is 24.4 Å². The van der Waals surface area contributed by atoms with Gasteiger partial charge in [0.1, 0.15) is 0 Å². The smallest absolute Gasteiger partial charge is 0.323 e. The molecular formula is C12H12ClF3N4. The van der Waals surface area contributed by atoms with Crippen molar-refractivity contribution in [1.82, 2.24) is 15.0 Å². The van der Waals surface area contributed by atoms with Crippen LogP contribution in [0.3, 0.4) is 0 Å². The summed E-state index contributed by atoms with van der Waals surface area (Å²) in [6.45, 7) is 1.88. The van der Waals surface area contributed by atoms with Gasteiger partial charge < -0.3 is 5.73 Å². The van der Waals surface area contributed by atoms with Crippen molar-refractivity contribution in [2.45, 2.75) is 25.6 Å². The highest BCUT2D eigenvalue weighted by Crippen LogP contribution is 2.35. The van der Waals surface area contributed by atoms with Crippen LogP contribution in [0.4, 0.5) is 13.2 Å². The molecule has 1 aromatic heterocycles. The molecule has 0 aliphatic heterocycles. The first-order valence-electron chi connectivity index (χ1n) is 5.88. The van der Waals surface area contributed by atoms with E-state index in [1.54, 1.807) is 0 Å². The highest BCUT2D eigenvalue weighted by molar-refractivity contribution is 6.31. The predicted octanol–water partition coefficient (Wildman–Crippen LogP) is 3.35. The Morgan fingerprint density at radius 3 is 2.70 bits per heavy atom. The molecule has 2 rings (SSSR count). The van der Waals surface area contributed by atoms with E-state index in [2.05, 4.69) is 10.3 Å². The van der Waals surface area contributed by atoms with Gasteiger partial charge in [-0.1, -0.05) is 23.7 Å². The second-order valence-electron chi connectivity index (χ2n) is 4.26. The number of nitrogens with zero attached hydrogens (tertiary/aromatic N) is 3. The van der Waals surface area contributed by atoms with Gasteiger partial charge in [-0.25, -0.2) is 4.68 Å². The second kappa shape index (κ2) is 5.41. The molecule has 2 aromatic rings. The number of hydrogen-bond donors (Lipinski definition) is 1. The normalized spacial score (nSPS) is 13.5. The number of halogens is 4. The van der Waals surface area contributed by atoms with Crippen LogP contribution < -0.4 is 5.73 Å². The van der Waals surface area contributed by atoms with Crippen LogP contribution >= 0.6 is 11.6 Å². The number of benzene rings is 1. The zero-order valence-electron chi connectivity index (χ0n) is 10.5. The van der Waals surface area contributed by atoms with Crippen molar-refractivity contribution in [2.24, 2.45) is 5.73 Å². The summed E-state index contributed by atoms with van der Waals surface area (Å²) in [7, 11) is 0. The molecule has 8 heteroatoms. The van der Waals surface area contributed by atoms with Crippen LogP contribution in [-0.4, -0.2) is 15.0 Å². The van der Waals surface area contributed by atoms with Gasteiger partial charge in [0.15, 0.2) is 0 Å². The quantitative estimate of drug-likeness (QED) is 0.946. The van der Waals surface area contributed by atoms with Crippen molar-refractivity contribution in [3.8, 4) is 5.69 Å². The van der Waals surface area contributed by atoms with Crippen molar-refractivity contribution in [3.63, 3.8) is 0 Å². The second-order valence-corrected chi connectivity index (χ2v) is 4.67. The van der Waals surface area contributed by atoms with E-state index >= 15 is 0 Å². The molecule has 1 aromatic carbocycles. The predicted molar refractivity (Wildman–Crippen MR) is 68.6 cm³/mol. The maximum atomic E-state index is 12.8. The summed E-state index contributed by atoms with van der Waals surface area (Å²) in [6, 6.07) is 3.25. The minimum atomic E-state index is -4.52. The largest absolute Gasteiger partial charge is 0.417 e. The van der Waals surface area contributed by atoms with Gasteiger partial charge in [0, 0.05) is 0 Å². The number of nitrogens with two attached hydrogens (primary N) is 1. The van der Waals surface area contributed by atoms with Crippen LogP contribution in [0.2, 0.25) is 5.02 Å². The summed E-state index contributed by atoms with van der Waals surface area (Å²) >= 11 is 5.56. The van der Waals surface area contributed by atoms with Crippen LogP contribution in [-0.2, 0) is 6.18 Å². The number of aromatic nitrogens is 3. The first-order chi connectivity index (χ1) is 9.32.